The molecule has 0 aliphatic rings. The van der Waals surface area contributed by atoms with E-state index in [9.17, 15) is 17.2 Å². The Kier molecular flexibility index (Phi) is 2.12. The van der Waals surface area contributed by atoms with E-state index in [2.05, 4.69) is 5.14 Å². The van der Waals surface area contributed by atoms with Crippen molar-refractivity contribution in [3.05, 3.63) is 29.8 Å². The van der Waals surface area contributed by atoms with Crippen LogP contribution in [0.3, 0.4) is 0 Å². The Hall–Kier alpha value is -1.01. The highest BCUT2D eigenvalue weighted by atomic mass is 32.2. The van der Waals surface area contributed by atoms with Gasteiger partial charge in [0.1, 0.15) is 4.90 Å². The van der Waals surface area contributed by atoms with Crippen molar-refractivity contribution in [3.8, 4) is 0 Å². The summed E-state index contributed by atoms with van der Waals surface area (Å²) in [7, 11) is -4.17. The first-order valence-electron chi connectivity index (χ1n) is 2.90. The lowest BCUT2D eigenvalue weighted by atomic mass is 10.3. The molecule has 6 heteroatoms. The lowest BCUT2D eigenvalue weighted by Crippen LogP contribution is -2.14. The topological polar surface area (TPSA) is 60.2 Å². The average molecular weight is 193 g/mol. The Bertz CT molecular complexity index is 402. The standard InChI is InChI=1S/C6H5F2NO2S/c7-4-2-1-3-5(6(4)8)12(9,10)11/h1-3H,(H2,9,10,11). The molecule has 1 rings (SSSR count). The molecule has 0 aliphatic heterocycles. The summed E-state index contributed by atoms with van der Waals surface area (Å²) in [6.07, 6.45) is 0. The van der Waals surface area contributed by atoms with Crippen LogP contribution in [0.1, 0.15) is 0 Å². The normalized spacial score (nSPS) is 11.6. The Balaban J connectivity index is 3.47. The quantitative estimate of drug-likeness (QED) is 0.710. The highest BCUT2D eigenvalue weighted by molar-refractivity contribution is 7.89. The van der Waals surface area contributed by atoms with Gasteiger partial charge in [0.25, 0.3) is 0 Å². The van der Waals surface area contributed by atoms with Gasteiger partial charge in [0.05, 0.1) is 0 Å². The minimum Gasteiger partial charge on any atom is -0.225 e. The number of sulfonamides is 1. The molecule has 0 unspecified atom stereocenters. The van der Waals surface area contributed by atoms with Gasteiger partial charge in [-0.2, -0.15) is 0 Å². The van der Waals surface area contributed by atoms with Crippen LogP contribution in [0.5, 0.6) is 0 Å². The first-order chi connectivity index (χ1) is 5.43. The van der Waals surface area contributed by atoms with Gasteiger partial charge < -0.3 is 0 Å². The molecule has 1 aromatic carbocycles. The van der Waals surface area contributed by atoms with Crippen molar-refractivity contribution in [2.24, 2.45) is 5.14 Å². The van der Waals surface area contributed by atoms with Crippen molar-refractivity contribution in [2.45, 2.75) is 4.90 Å². The smallest absolute Gasteiger partial charge is 0.225 e. The maximum Gasteiger partial charge on any atom is 0.241 e. The van der Waals surface area contributed by atoms with Crippen molar-refractivity contribution in [3.63, 3.8) is 0 Å². The molecule has 0 bridgehead atoms. The molecule has 2 N–H and O–H groups in total. The highest BCUT2D eigenvalue weighted by Gasteiger charge is 2.16. The zero-order valence-electron chi connectivity index (χ0n) is 5.79. The number of rotatable bonds is 1. The molecule has 66 valence electrons. The van der Waals surface area contributed by atoms with Gasteiger partial charge in [-0.3, -0.25) is 0 Å². The molecule has 0 spiro atoms. The fraction of sp³-hybridized carbons (Fsp3) is 0. The summed E-state index contributed by atoms with van der Waals surface area (Å²) in [6, 6.07) is 2.77. The van der Waals surface area contributed by atoms with E-state index in [-0.39, 0.29) is 0 Å². The second-order valence-corrected chi connectivity index (χ2v) is 3.63. The fourth-order valence-corrected chi connectivity index (χ4v) is 1.32. The summed E-state index contributed by atoms with van der Waals surface area (Å²) in [5, 5.41) is 4.59. The van der Waals surface area contributed by atoms with Crippen molar-refractivity contribution in [1.82, 2.24) is 0 Å². The van der Waals surface area contributed by atoms with E-state index >= 15 is 0 Å². The van der Waals surface area contributed by atoms with Crippen molar-refractivity contribution in [1.29, 1.82) is 0 Å². The van der Waals surface area contributed by atoms with Crippen LogP contribution in [0.2, 0.25) is 0 Å². The Morgan fingerprint density at radius 3 is 2.25 bits per heavy atom. The summed E-state index contributed by atoms with van der Waals surface area (Å²) in [4.78, 5) is -0.831. The van der Waals surface area contributed by atoms with Crippen LogP contribution < -0.4 is 5.14 Å². The molecule has 0 amide bonds. The van der Waals surface area contributed by atoms with E-state index in [1.54, 1.807) is 0 Å². The van der Waals surface area contributed by atoms with Crippen molar-refractivity contribution in [2.75, 3.05) is 0 Å². The first kappa shape index (κ1) is 9.08. The summed E-state index contributed by atoms with van der Waals surface area (Å²) >= 11 is 0. The van der Waals surface area contributed by atoms with Gasteiger partial charge in [-0.15, -0.1) is 0 Å². The second kappa shape index (κ2) is 2.80. The second-order valence-electron chi connectivity index (χ2n) is 2.10. The molecule has 0 radical (unpaired) electrons. The Morgan fingerprint density at radius 2 is 1.83 bits per heavy atom. The minimum atomic E-state index is -4.17. The molecule has 12 heavy (non-hydrogen) atoms. The number of halogens is 2. The molecule has 0 saturated carbocycles. The minimum absolute atomic E-state index is 0.810. The van der Waals surface area contributed by atoms with E-state index in [1.807, 2.05) is 0 Å². The fourth-order valence-electron chi connectivity index (χ4n) is 0.704. The van der Waals surface area contributed by atoms with Crippen LogP contribution in [0.25, 0.3) is 0 Å². The molecule has 0 atom stereocenters. The SMILES string of the molecule is NS(=O)(=O)c1cccc(F)c1F. The average Bonchev–Trinajstić information content (AvgIpc) is 1.92. The molecule has 0 heterocycles. The summed E-state index contributed by atoms with van der Waals surface area (Å²) < 4.78 is 46.2. The lowest BCUT2D eigenvalue weighted by molar-refractivity contribution is 0.485. The summed E-state index contributed by atoms with van der Waals surface area (Å²) in [6.45, 7) is 0. The molecule has 3 nitrogen and oxygen atoms in total. The molecule has 0 fully saturated rings. The first-order valence-corrected chi connectivity index (χ1v) is 4.44. The van der Waals surface area contributed by atoms with Gasteiger partial charge in [-0.05, 0) is 12.1 Å². The summed E-state index contributed by atoms with van der Waals surface area (Å²) in [5.41, 5.74) is 0. The molecular weight excluding hydrogens is 188 g/mol. The molecular formula is C6H5F2NO2S. The van der Waals surface area contributed by atoms with Gasteiger partial charge in [0, 0.05) is 0 Å². The number of hydrogen-bond donors (Lipinski definition) is 1. The van der Waals surface area contributed by atoms with Crippen LogP contribution in [0.15, 0.2) is 23.1 Å². The third kappa shape index (κ3) is 1.59. The van der Waals surface area contributed by atoms with Crippen LogP contribution in [0.4, 0.5) is 8.78 Å². The summed E-state index contributed by atoms with van der Waals surface area (Å²) in [5.74, 6) is -2.68. The lowest BCUT2D eigenvalue weighted by Gasteiger charge is -1.99. The predicted molar refractivity (Wildman–Crippen MR) is 37.7 cm³/mol. The zero-order chi connectivity index (χ0) is 9.35. The third-order valence-electron chi connectivity index (χ3n) is 1.22. The van der Waals surface area contributed by atoms with Gasteiger partial charge in [0.15, 0.2) is 11.6 Å². The largest absolute Gasteiger partial charge is 0.241 e. The van der Waals surface area contributed by atoms with Crippen LogP contribution >= 0.6 is 0 Å². The number of primary sulfonamides is 1. The third-order valence-corrected chi connectivity index (χ3v) is 2.15. The highest BCUT2D eigenvalue weighted by Crippen LogP contribution is 2.14. The van der Waals surface area contributed by atoms with E-state index in [1.165, 1.54) is 0 Å². The maximum absolute atomic E-state index is 12.7. The van der Waals surface area contributed by atoms with E-state index < -0.39 is 26.6 Å². The monoisotopic (exact) mass is 193 g/mol. The van der Waals surface area contributed by atoms with Crippen molar-refractivity contribution < 1.29 is 17.2 Å². The van der Waals surface area contributed by atoms with Crippen LogP contribution in [0, 0.1) is 11.6 Å². The van der Waals surface area contributed by atoms with Crippen LogP contribution in [-0.2, 0) is 10.0 Å². The van der Waals surface area contributed by atoms with E-state index in [4.69, 9.17) is 0 Å². The number of nitrogens with two attached hydrogens (primary N) is 1. The van der Waals surface area contributed by atoms with Gasteiger partial charge in [-0.25, -0.2) is 22.3 Å². The Morgan fingerprint density at radius 1 is 1.25 bits per heavy atom. The Labute approximate surface area is 67.9 Å². The molecule has 1 aromatic rings. The molecule has 0 saturated heterocycles. The zero-order valence-corrected chi connectivity index (χ0v) is 6.61. The predicted octanol–water partition coefficient (Wildman–Crippen LogP) is 0.612. The maximum atomic E-state index is 12.7. The number of benzene rings is 1. The van der Waals surface area contributed by atoms with Crippen molar-refractivity contribution >= 4 is 10.0 Å². The van der Waals surface area contributed by atoms with Crippen LogP contribution in [-0.4, -0.2) is 8.42 Å². The van der Waals surface area contributed by atoms with Gasteiger partial charge in [-0.1, -0.05) is 6.07 Å². The van der Waals surface area contributed by atoms with Gasteiger partial charge >= 0.3 is 0 Å². The van der Waals surface area contributed by atoms with E-state index in [0.29, 0.717) is 0 Å². The molecule has 0 aliphatic carbocycles. The number of hydrogen-bond acceptors (Lipinski definition) is 2. The molecule has 0 aromatic heterocycles. The van der Waals surface area contributed by atoms with E-state index in [0.717, 1.165) is 18.2 Å². The van der Waals surface area contributed by atoms with Gasteiger partial charge in [0.2, 0.25) is 10.0 Å².